The van der Waals surface area contributed by atoms with E-state index in [-0.39, 0.29) is 0 Å². The molecule has 1 rings (SSSR count). The minimum absolute atomic E-state index is 0.400. The molecule has 2 nitrogen and oxygen atoms in total. The maximum Gasteiger partial charge on any atom is 0.249 e. The number of halogens is 2. The second-order valence-electron chi connectivity index (χ2n) is 2.47. The van der Waals surface area contributed by atoms with Gasteiger partial charge in [-0.05, 0) is 63.1 Å². The number of benzene rings is 1. The van der Waals surface area contributed by atoms with Gasteiger partial charge in [-0.2, -0.15) is 0 Å². The van der Waals surface area contributed by atoms with Crippen LogP contribution in [-0.4, -0.2) is 5.91 Å². The summed E-state index contributed by atoms with van der Waals surface area (Å²) in [6.07, 6.45) is 0. The van der Waals surface area contributed by atoms with Crippen molar-refractivity contribution in [3.63, 3.8) is 0 Å². The third-order valence-electron chi connectivity index (χ3n) is 1.44. The molecule has 0 fully saturated rings. The molecule has 2 N–H and O–H groups in total. The SMILES string of the molecule is Cc1cc(I)c(Br)c(C(N)=O)c1. The molecule has 0 aliphatic rings. The van der Waals surface area contributed by atoms with Gasteiger partial charge in [-0.1, -0.05) is 0 Å². The Balaban J connectivity index is 3.37. The zero-order valence-electron chi connectivity index (χ0n) is 6.40. The molecule has 0 aliphatic heterocycles. The second-order valence-corrected chi connectivity index (χ2v) is 4.43. The standard InChI is InChI=1S/C8H7BrINO/c1-4-2-5(8(11)12)7(9)6(10)3-4/h2-3H,1H3,(H2,11,12). The van der Waals surface area contributed by atoms with Gasteiger partial charge in [0.15, 0.2) is 0 Å². The molecule has 1 aromatic rings. The van der Waals surface area contributed by atoms with Crippen LogP contribution in [0.2, 0.25) is 0 Å². The van der Waals surface area contributed by atoms with E-state index in [9.17, 15) is 4.79 Å². The van der Waals surface area contributed by atoms with Crippen LogP contribution in [0.5, 0.6) is 0 Å². The van der Waals surface area contributed by atoms with Crippen LogP contribution in [0.1, 0.15) is 15.9 Å². The van der Waals surface area contributed by atoms with Gasteiger partial charge in [0.25, 0.3) is 0 Å². The van der Waals surface area contributed by atoms with E-state index in [1.807, 2.05) is 13.0 Å². The fourth-order valence-corrected chi connectivity index (χ4v) is 2.11. The van der Waals surface area contributed by atoms with Crippen molar-refractivity contribution in [3.05, 3.63) is 31.3 Å². The van der Waals surface area contributed by atoms with Crippen molar-refractivity contribution < 1.29 is 4.79 Å². The Morgan fingerprint density at radius 1 is 1.58 bits per heavy atom. The molecule has 0 spiro atoms. The monoisotopic (exact) mass is 339 g/mol. The van der Waals surface area contributed by atoms with Crippen LogP contribution in [0.25, 0.3) is 0 Å². The fourth-order valence-electron chi connectivity index (χ4n) is 0.904. The highest BCUT2D eigenvalue weighted by molar-refractivity contribution is 14.1. The number of aryl methyl sites for hydroxylation is 1. The Morgan fingerprint density at radius 2 is 2.17 bits per heavy atom. The van der Waals surface area contributed by atoms with Gasteiger partial charge in [0.2, 0.25) is 5.91 Å². The van der Waals surface area contributed by atoms with Crippen molar-refractivity contribution in [2.45, 2.75) is 6.92 Å². The Kier molecular flexibility index (Phi) is 3.11. The third kappa shape index (κ3) is 1.98. The van der Waals surface area contributed by atoms with Gasteiger partial charge in [0.1, 0.15) is 0 Å². The quantitative estimate of drug-likeness (QED) is 0.785. The fraction of sp³-hybridized carbons (Fsp3) is 0.125. The molecule has 12 heavy (non-hydrogen) atoms. The Labute approximate surface area is 92.8 Å². The number of nitrogens with two attached hydrogens (primary N) is 1. The molecule has 0 atom stereocenters. The highest BCUT2D eigenvalue weighted by Crippen LogP contribution is 2.24. The van der Waals surface area contributed by atoms with Crippen LogP contribution in [-0.2, 0) is 0 Å². The topological polar surface area (TPSA) is 43.1 Å². The lowest BCUT2D eigenvalue weighted by Crippen LogP contribution is -2.12. The zero-order valence-corrected chi connectivity index (χ0v) is 10.1. The second kappa shape index (κ2) is 3.74. The van der Waals surface area contributed by atoms with Crippen LogP contribution >= 0.6 is 38.5 Å². The molecule has 64 valence electrons. The number of carbonyl (C=O) groups excluding carboxylic acids is 1. The summed E-state index contributed by atoms with van der Waals surface area (Å²) in [4.78, 5) is 10.9. The lowest BCUT2D eigenvalue weighted by atomic mass is 10.1. The van der Waals surface area contributed by atoms with E-state index in [4.69, 9.17) is 5.73 Å². The summed E-state index contributed by atoms with van der Waals surface area (Å²) in [6, 6.07) is 3.76. The third-order valence-corrected chi connectivity index (χ3v) is 3.88. The van der Waals surface area contributed by atoms with Crippen molar-refractivity contribution >= 4 is 44.4 Å². The van der Waals surface area contributed by atoms with Crippen LogP contribution in [0.15, 0.2) is 16.6 Å². The van der Waals surface area contributed by atoms with Crippen molar-refractivity contribution in [1.82, 2.24) is 0 Å². The van der Waals surface area contributed by atoms with Crippen molar-refractivity contribution in [1.29, 1.82) is 0 Å². The Bertz CT molecular complexity index is 338. The van der Waals surface area contributed by atoms with Crippen LogP contribution < -0.4 is 5.73 Å². The predicted molar refractivity (Wildman–Crippen MR) is 60.1 cm³/mol. The van der Waals surface area contributed by atoms with Gasteiger partial charge in [-0.25, -0.2) is 0 Å². The molecule has 0 bridgehead atoms. The predicted octanol–water partition coefficient (Wildman–Crippen LogP) is 2.46. The van der Waals surface area contributed by atoms with Gasteiger partial charge < -0.3 is 5.73 Å². The number of hydrogen-bond donors (Lipinski definition) is 1. The summed E-state index contributed by atoms with van der Waals surface area (Å²) in [7, 11) is 0. The summed E-state index contributed by atoms with van der Waals surface area (Å²) >= 11 is 5.46. The van der Waals surface area contributed by atoms with Crippen molar-refractivity contribution in [3.8, 4) is 0 Å². The van der Waals surface area contributed by atoms with E-state index in [0.717, 1.165) is 13.6 Å². The van der Waals surface area contributed by atoms with Crippen LogP contribution in [0.3, 0.4) is 0 Å². The van der Waals surface area contributed by atoms with E-state index in [1.54, 1.807) is 6.07 Å². The number of amides is 1. The van der Waals surface area contributed by atoms with Gasteiger partial charge in [-0.15, -0.1) is 0 Å². The lowest BCUT2D eigenvalue weighted by Gasteiger charge is -2.03. The molecule has 0 radical (unpaired) electrons. The first-order valence-electron chi connectivity index (χ1n) is 3.28. The minimum Gasteiger partial charge on any atom is -0.366 e. The van der Waals surface area contributed by atoms with Gasteiger partial charge in [0, 0.05) is 8.04 Å². The van der Waals surface area contributed by atoms with Gasteiger partial charge in [-0.3, -0.25) is 4.79 Å². The van der Waals surface area contributed by atoms with E-state index >= 15 is 0 Å². The Hall–Kier alpha value is -0.100. The first-order valence-corrected chi connectivity index (χ1v) is 5.15. The average Bonchev–Trinajstić information content (AvgIpc) is 1.96. The normalized spacial score (nSPS) is 9.92. The Morgan fingerprint density at radius 3 is 2.67 bits per heavy atom. The molecule has 0 heterocycles. The summed E-state index contributed by atoms with van der Waals surface area (Å²) in [5.41, 5.74) is 6.76. The number of hydrogen-bond acceptors (Lipinski definition) is 1. The smallest absolute Gasteiger partial charge is 0.249 e. The number of primary amides is 1. The van der Waals surface area contributed by atoms with Crippen LogP contribution in [0.4, 0.5) is 0 Å². The lowest BCUT2D eigenvalue weighted by molar-refractivity contribution is 0.0999. The molecule has 1 amide bonds. The molecular weight excluding hydrogens is 333 g/mol. The average molecular weight is 340 g/mol. The van der Waals surface area contributed by atoms with Crippen LogP contribution in [0, 0.1) is 10.5 Å². The van der Waals surface area contributed by atoms with Crippen molar-refractivity contribution in [2.24, 2.45) is 5.73 Å². The number of carbonyl (C=O) groups is 1. The molecule has 0 saturated heterocycles. The van der Waals surface area contributed by atoms with E-state index in [1.165, 1.54) is 0 Å². The molecular formula is C8H7BrINO. The summed E-state index contributed by atoms with van der Waals surface area (Å²) < 4.78 is 1.78. The molecule has 0 unspecified atom stereocenters. The molecule has 0 aromatic heterocycles. The molecule has 4 heteroatoms. The largest absolute Gasteiger partial charge is 0.366 e. The molecule has 0 saturated carbocycles. The highest BCUT2D eigenvalue weighted by Gasteiger charge is 2.09. The van der Waals surface area contributed by atoms with E-state index < -0.39 is 5.91 Å². The zero-order chi connectivity index (χ0) is 9.30. The summed E-state index contributed by atoms with van der Waals surface area (Å²) in [6.45, 7) is 1.93. The van der Waals surface area contributed by atoms with E-state index in [2.05, 4.69) is 38.5 Å². The molecule has 1 aromatic carbocycles. The maximum absolute atomic E-state index is 10.9. The molecule has 0 aliphatic carbocycles. The first-order chi connectivity index (χ1) is 5.52. The maximum atomic E-state index is 10.9. The van der Waals surface area contributed by atoms with Gasteiger partial charge >= 0.3 is 0 Å². The summed E-state index contributed by atoms with van der Waals surface area (Å²) in [5.74, 6) is -0.400. The first kappa shape index (κ1) is 9.98. The summed E-state index contributed by atoms with van der Waals surface area (Å²) in [5, 5.41) is 0. The highest BCUT2D eigenvalue weighted by atomic mass is 127. The number of rotatable bonds is 1. The van der Waals surface area contributed by atoms with Gasteiger partial charge in [0.05, 0.1) is 5.56 Å². The minimum atomic E-state index is -0.400. The van der Waals surface area contributed by atoms with E-state index in [0.29, 0.717) is 5.56 Å². The van der Waals surface area contributed by atoms with Crippen molar-refractivity contribution in [2.75, 3.05) is 0 Å².